The number of alkyl halides is 1. The zero-order valence-corrected chi connectivity index (χ0v) is 15.2. The summed E-state index contributed by atoms with van der Waals surface area (Å²) in [5.41, 5.74) is 0. The highest BCUT2D eigenvalue weighted by molar-refractivity contribution is 14.1. The van der Waals surface area contributed by atoms with Crippen LogP contribution in [0.5, 0.6) is 6.01 Å². The lowest BCUT2D eigenvalue weighted by Gasteiger charge is -2.31. The van der Waals surface area contributed by atoms with Gasteiger partial charge >= 0.3 is 6.01 Å². The first-order valence-corrected chi connectivity index (χ1v) is 9.10. The van der Waals surface area contributed by atoms with Crippen molar-refractivity contribution in [3.63, 3.8) is 0 Å². The number of ether oxygens (including phenoxy) is 1. The van der Waals surface area contributed by atoms with Gasteiger partial charge in [-0.25, -0.2) is 13.6 Å². The second-order valence-electron chi connectivity index (χ2n) is 4.63. The summed E-state index contributed by atoms with van der Waals surface area (Å²) in [6.45, 7) is 1.58. The van der Waals surface area contributed by atoms with E-state index in [0.29, 0.717) is 5.82 Å². The van der Waals surface area contributed by atoms with E-state index in [1.54, 1.807) is 19.1 Å². The van der Waals surface area contributed by atoms with E-state index in [1.165, 1.54) is 19.3 Å². The van der Waals surface area contributed by atoms with Gasteiger partial charge in [0, 0.05) is 0 Å². The first kappa shape index (κ1) is 17.7. The van der Waals surface area contributed by atoms with E-state index < -0.39 is 24.6 Å². The molecule has 2 atom stereocenters. The average molecular weight is 451 g/mol. The third kappa shape index (κ3) is 3.35. The van der Waals surface area contributed by atoms with Crippen molar-refractivity contribution in [3.05, 3.63) is 30.1 Å². The predicted octanol–water partition coefficient (Wildman–Crippen LogP) is 0.0840. The number of sulfonamides is 1. The molecule has 23 heavy (non-hydrogen) atoms. The number of hydrogen-bond acceptors (Lipinski definition) is 7. The van der Waals surface area contributed by atoms with Crippen molar-refractivity contribution < 1.29 is 17.9 Å². The fourth-order valence-electron chi connectivity index (χ4n) is 1.98. The van der Waals surface area contributed by atoms with Crippen LogP contribution in [0.25, 0.3) is 0 Å². The topological polar surface area (TPSA) is 137 Å². The van der Waals surface area contributed by atoms with Crippen LogP contribution in [0.2, 0.25) is 0 Å². The number of allylic oxidation sites excluding steroid dienone is 3. The Kier molecular flexibility index (Phi) is 5.01. The number of anilines is 1. The molecule has 9 nitrogen and oxygen atoms in total. The lowest BCUT2D eigenvalue weighted by molar-refractivity contribution is -0.117. The number of rotatable bonds is 4. The molecule has 0 aliphatic heterocycles. The van der Waals surface area contributed by atoms with Crippen molar-refractivity contribution in [2.24, 2.45) is 5.14 Å². The number of carbonyl (C=O) groups excluding carboxylic acids is 1. The highest BCUT2D eigenvalue weighted by atomic mass is 127. The minimum atomic E-state index is -4.24. The Morgan fingerprint density at radius 1 is 1.39 bits per heavy atom. The molecule has 0 saturated heterocycles. The molecule has 2 unspecified atom stereocenters. The van der Waals surface area contributed by atoms with E-state index in [1.807, 2.05) is 22.6 Å². The lowest BCUT2D eigenvalue weighted by atomic mass is 9.99. The van der Waals surface area contributed by atoms with Crippen LogP contribution in [0.4, 0.5) is 5.95 Å². The number of carbonyl (C=O) groups is 1. The Morgan fingerprint density at radius 3 is 2.65 bits per heavy atom. The van der Waals surface area contributed by atoms with E-state index in [2.05, 4.69) is 20.3 Å². The lowest BCUT2D eigenvalue weighted by Crippen LogP contribution is -2.57. The summed E-state index contributed by atoms with van der Waals surface area (Å²) in [6.07, 6.45) is 5.92. The molecule has 0 saturated carbocycles. The smallest absolute Gasteiger partial charge is 0.321 e. The summed E-state index contributed by atoms with van der Waals surface area (Å²) in [6, 6.07) is 0.00237. The number of halogens is 1. The number of nitrogens with one attached hydrogen (secondary N) is 1. The summed E-state index contributed by atoms with van der Waals surface area (Å²) in [5.74, 6) is -0.663. The Balaban J connectivity index is 2.43. The van der Waals surface area contributed by atoms with E-state index in [9.17, 15) is 13.2 Å². The number of amides is 1. The van der Waals surface area contributed by atoms with Gasteiger partial charge in [0.25, 0.3) is 5.91 Å². The zero-order valence-electron chi connectivity index (χ0n) is 12.2. The van der Waals surface area contributed by atoms with Gasteiger partial charge in [-0.05, 0) is 6.92 Å². The first-order chi connectivity index (χ1) is 10.7. The van der Waals surface area contributed by atoms with Gasteiger partial charge < -0.3 is 4.74 Å². The summed E-state index contributed by atoms with van der Waals surface area (Å²) >= 11 is 1.84. The molecule has 0 bridgehead atoms. The largest absolute Gasteiger partial charge is 0.467 e. The quantitative estimate of drug-likeness (QED) is 0.489. The first-order valence-electron chi connectivity index (χ1n) is 6.31. The number of aryl methyl sites for hydroxylation is 1. The minimum Gasteiger partial charge on any atom is -0.467 e. The van der Waals surface area contributed by atoms with Gasteiger partial charge in [0.15, 0.2) is 4.75 Å². The second-order valence-corrected chi connectivity index (χ2v) is 7.74. The maximum absolute atomic E-state index is 12.7. The van der Waals surface area contributed by atoms with Crippen LogP contribution in [0.15, 0.2) is 24.3 Å². The summed E-state index contributed by atoms with van der Waals surface area (Å²) in [5, 5.41) is 7.69. The monoisotopic (exact) mass is 451 g/mol. The van der Waals surface area contributed by atoms with Crippen LogP contribution in [-0.2, 0) is 14.8 Å². The molecule has 1 aliphatic carbocycles. The number of aromatic nitrogens is 3. The van der Waals surface area contributed by atoms with Gasteiger partial charge in [-0.15, -0.1) is 0 Å². The molecule has 0 fully saturated rings. The van der Waals surface area contributed by atoms with Crippen molar-refractivity contribution in [1.29, 1.82) is 0 Å². The molecule has 0 radical (unpaired) electrons. The molecule has 3 N–H and O–H groups in total. The van der Waals surface area contributed by atoms with Crippen molar-refractivity contribution in [2.75, 3.05) is 12.4 Å². The summed E-state index contributed by atoms with van der Waals surface area (Å²) in [4.78, 5) is 24.4. The average Bonchev–Trinajstić information content (AvgIpc) is 2.45. The number of hydrogen-bond donors (Lipinski definition) is 2. The van der Waals surface area contributed by atoms with Gasteiger partial charge in [0.05, 0.1) is 11.0 Å². The molecule has 0 aromatic carbocycles. The van der Waals surface area contributed by atoms with E-state index in [-0.39, 0.29) is 12.0 Å². The Bertz CT molecular complexity index is 795. The van der Waals surface area contributed by atoms with E-state index in [4.69, 9.17) is 9.88 Å². The SMILES string of the molecule is COc1nc(C)nc(NC(=O)C2(S(N)(=O)=O)C=CC=CC2I)n1. The van der Waals surface area contributed by atoms with Crippen LogP contribution < -0.4 is 15.2 Å². The molecule has 1 aliphatic rings. The molecule has 1 amide bonds. The number of primary sulfonamides is 1. The number of nitrogens with zero attached hydrogens (tertiary/aromatic N) is 3. The molecule has 124 valence electrons. The number of nitrogens with two attached hydrogens (primary N) is 1. The van der Waals surface area contributed by atoms with Crippen molar-refractivity contribution in [1.82, 2.24) is 15.0 Å². The van der Waals surface area contributed by atoms with Gasteiger partial charge in [-0.2, -0.15) is 15.0 Å². The third-order valence-corrected chi connectivity index (χ3v) is 6.44. The Labute approximate surface area is 146 Å². The van der Waals surface area contributed by atoms with Crippen molar-refractivity contribution in [3.8, 4) is 6.01 Å². The second kappa shape index (κ2) is 6.49. The van der Waals surface area contributed by atoms with Crippen LogP contribution >= 0.6 is 22.6 Å². The van der Waals surface area contributed by atoms with Gasteiger partial charge in [-0.1, -0.05) is 46.9 Å². The molecule has 0 spiro atoms. The molecular weight excluding hydrogens is 437 g/mol. The predicted molar refractivity (Wildman–Crippen MR) is 91.7 cm³/mol. The Morgan fingerprint density at radius 2 is 2.09 bits per heavy atom. The molecule has 2 rings (SSSR count). The molecule has 11 heteroatoms. The van der Waals surface area contributed by atoms with Crippen molar-refractivity contribution >= 4 is 44.5 Å². The highest BCUT2D eigenvalue weighted by Gasteiger charge is 2.52. The van der Waals surface area contributed by atoms with E-state index in [0.717, 1.165) is 0 Å². The molecule has 1 aromatic heterocycles. The summed E-state index contributed by atoms with van der Waals surface area (Å²) < 4.78 is 26.4. The maximum atomic E-state index is 12.7. The van der Waals surface area contributed by atoms with Crippen LogP contribution in [0, 0.1) is 6.92 Å². The van der Waals surface area contributed by atoms with Gasteiger partial charge in [0.1, 0.15) is 5.82 Å². The standard InChI is InChI=1S/C12H14IN5O4S/c1-7-15-10(18-11(16-7)22-2)17-9(19)12(23(14,20)21)6-4-3-5-8(12)13/h3-6,8H,1-2H3,(H2,14,20,21)(H,15,16,17,18,19). The van der Waals surface area contributed by atoms with Gasteiger partial charge in [-0.3, -0.25) is 10.1 Å². The third-order valence-electron chi connectivity index (χ3n) is 3.10. The molecule has 1 aromatic rings. The summed E-state index contributed by atoms with van der Waals surface area (Å²) in [7, 11) is -2.88. The normalized spacial score (nSPS) is 23.6. The van der Waals surface area contributed by atoms with E-state index >= 15 is 0 Å². The molecular formula is C12H14IN5O4S. The van der Waals surface area contributed by atoms with Crippen LogP contribution in [0.1, 0.15) is 5.82 Å². The van der Waals surface area contributed by atoms with Crippen molar-refractivity contribution in [2.45, 2.75) is 15.6 Å². The fourth-order valence-corrected chi connectivity index (χ4v) is 4.74. The minimum absolute atomic E-state index is 0.00237. The Hall–Kier alpha value is -1.60. The number of methoxy groups -OCH3 is 1. The van der Waals surface area contributed by atoms with Gasteiger partial charge in [0.2, 0.25) is 16.0 Å². The molecule has 1 heterocycles. The fraction of sp³-hybridized carbons (Fsp3) is 0.333. The maximum Gasteiger partial charge on any atom is 0.321 e. The highest BCUT2D eigenvalue weighted by Crippen LogP contribution is 2.33. The van der Waals surface area contributed by atoms with Crippen LogP contribution in [0.3, 0.4) is 0 Å². The van der Waals surface area contributed by atoms with Crippen LogP contribution in [-0.4, -0.2) is 45.1 Å². The zero-order chi connectivity index (χ0) is 17.3.